The summed E-state index contributed by atoms with van der Waals surface area (Å²) in [5.41, 5.74) is 3.86. The first kappa shape index (κ1) is 44.7. The van der Waals surface area contributed by atoms with Crippen molar-refractivity contribution in [2.75, 3.05) is 20.2 Å². The Labute approximate surface area is 312 Å². The monoisotopic (exact) mass is 713 g/mol. The van der Waals surface area contributed by atoms with Crippen LogP contribution in [-0.2, 0) is 16.0 Å². The molecule has 0 radical (unpaired) electrons. The van der Waals surface area contributed by atoms with Crippen LogP contribution in [0.15, 0.2) is 0 Å². The largest absolute Gasteiger partial charge is 0.487 e. The van der Waals surface area contributed by atoms with Gasteiger partial charge in [0, 0.05) is 12.1 Å². The van der Waals surface area contributed by atoms with E-state index in [1.165, 1.54) is 51.4 Å². The molecule has 7 nitrogen and oxygen atoms in total. The third kappa shape index (κ3) is 13.8. The lowest BCUT2D eigenvalue weighted by Gasteiger charge is -2.39. The van der Waals surface area contributed by atoms with Crippen LogP contribution in [0.5, 0.6) is 5.75 Å². The number of amides is 1. The van der Waals surface area contributed by atoms with Crippen molar-refractivity contribution in [1.82, 2.24) is 10.6 Å². The lowest BCUT2D eigenvalue weighted by atomic mass is 9.75. The molecule has 7 heteroatoms. The van der Waals surface area contributed by atoms with Gasteiger partial charge < -0.3 is 20.1 Å². The molecule has 1 heterocycles. The predicted octanol–water partition coefficient (Wildman–Crippen LogP) is 10.8. The van der Waals surface area contributed by atoms with E-state index in [2.05, 4.69) is 59.1 Å². The molecule has 2 rings (SSSR count). The maximum atomic E-state index is 14.3. The highest BCUT2D eigenvalue weighted by atomic mass is 16.5. The average Bonchev–Trinajstić information content (AvgIpc) is 3.07. The maximum Gasteiger partial charge on any atom is 0.407 e. The molecular formula is C44H76N2O5. The van der Waals surface area contributed by atoms with E-state index in [0.29, 0.717) is 13.0 Å². The summed E-state index contributed by atoms with van der Waals surface area (Å²) in [6, 6.07) is -0.153. The lowest BCUT2D eigenvalue weighted by Crippen LogP contribution is -2.39. The number of fused-ring (bicyclic) bond motifs is 1. The average molecular weight is 713 g/mol. The summed E-state index contributed by atoms with van der Waals surface area (Å²) in [7, 11) is 1.78. The van der Waals surface area contributed by atoms with Gasteiger partial charge in [0.15, 0.2) is 5.78 Å². The highest BCUT2D eigenvalue weighted by molar-refractivity contribution is 6.03. The molecule has 0 saturated carbocycles. The van der Waals surface area contributed by atoms with Gasteiger partial charge >= 0.3 is 6.09 Å². The molecule has 0 bridgehead atoms. The molecule has 0 aromatic heterocycles. The number of hydrogen-bond donors (Lipinski definition) is 2. The zero-order valence-electron chi connectivity index (χ0n) is 34.9. The van der Waals surface area contributed by atoms with Crippen molar-refractivity contribution >= 4 is 17.7 Å². The number of alkyl carbamates (subject to hydrolysis) is 1. The van der Waals surface area contributed by atoms with Crippen LogP contribution < -0.4 is 15.4 Å². The van der Waals surface area contributed by atoms with Crippen molar-refractivity contribution in [1.29, 1.82) is 0 Å². The van der Waals surface area contributed by atoms with Crippen LogP contribution in [0.3, 0.4) is 0 Å². The molecule has 1 aliphatic rings. The molecule has 1 aromatic rings. The number of benzene rings is 1. The molecule has 5 atom stereocenters. The molecule has 0 saturated heterocycles. The van der Waals surface area contributed by atoms with E-state index in [0.717, 1.165) is 89.8 Å². The predicted molar refractivity (Wildman–Crippen MR) is 212 cm³/mol. The van der Waals surface area contributed by atoms with Gasteiger partial charge in [0.1, 0.15) is 23.7 Å². The smallest absolute Gasteiger partial charge is 0.407 e. The zero-order chi connectivity index (χ0) is 38.4. The summed E-state index contributed by atoms with van der Waals surface area (Å²) in [5.74, 6) is 3.50. The van der Waals surface area contributed by atoms with Crippen LogP contribution in [0.25, 0.3) is 0 Å². The number of hydrogen-bond acceptors (Lipinski definition) is 6. The molecule has 1 amide bonds. The van der Waals surface area contributed by atoms with Gasteiger partial charge in [-0.1, -0.05) is 79.6 Å². The van der Waals surface area contributed by atoms with Crippen molar-refractivity contribution in [2.45, 2.75) is 184 Å². The van der Waals surface area contributed by atoms with Gasteiger partial charge in [-0.05, 0) is 140 Å². The molecule has 2 N–H and O–H groups in total. The van der Waals surface area contributed by atoms with Crippen LogP contribution in [0.2, 0.25) is 0 Å². The quantitative estimate of drug-likeness (QED) is 0.0818. The van der Waals surface area contributed by atoms with Crippen molar-refractivity contribution < 1.29 is 23.9 Å². The Hall–Kier alpha value is -2.41. The van der Waals surface area contributed by atoms with Crippen LogP contribution >= 0.6 is 0 Å². The summed E-state index contributed by atoms with van der Waals surface area (Å²) in [6.45, 7) is 23.9. The van der Waals surface area contributed by atoms with Gasteiger partial charge in [-0.3, -0.25) is 9.59 Å². The number of Topliss-reactive ketones (excluding diaryl/α,β-unsaturated/α-hetero) is 2. The minimum absolute atomic E-state index is 0.0136. The van der Waals surface area contributed by atoms with Crippen LogP contribution in [0.1, 0.15) is 178 Å². The Balaban J connectivity index is 1.95. The van der Waals surface area contributed by atoms with Crippen molar-refractivity contribution in [3.63, 3.8) is 0 Å². The Bertz CT molecular complexity index is 1270. The fourth-order valence-corrected chi connectivity index (χ4v) is 7.75. The maximum absolute atomic E-state index is 14.3. The number of likely N-dealkylation sites (N-methyl/N-ethyl adjacent to an activating group) is 1. The van der Waals surface area contributed by atoms with Crippen molar-refractivity contribution in [3.05, 3.63) is 27.8 Å². The second-order valence-corrected chi connectivity index (χ2v) is 17.2. The SMILES string of the molecule is CCC(C)(COC(=O)NCCCCC(NC)C(C)=O)C(=O)c1c(C)c(C)c2c(c1C)CCC(C)(CCCC(C)CCCC(C)CCCC(C)C)O2. The van der Waals surface area contributed by atoms with Crippen molar-refractivity contribution in [3.8, 4) is 5.75 Å². The molecule has 51 heavy (non-hydrogen) atoms. The van der Waals surface area contributed by atoms with Gasteiger partial charge in [-0.15, -0.1) is 0 Å². The first-order valence-corrected chi connectivity index (χ1v) is 20.4. The number of ether oxygens (including phenoxy) is 2. The fourth-order valence-electron chi connectivity index (χ4n) is 7.75. The minimum Gasteiger partial charge on any atom is -0.487 e. The second kappa shape index (κ2) is 21.3. The first-order chi connectivity index (χ1) is 24.0. The Morgan fingerprint density at radius 3 is 2.04 bits per heavy atom. The van der Waals surface area contributed by atoms with Gasteiger partial charge in [-0.2, -0.15) is 0 Å². The molecule has 5 unspecified atom stereocenters. The third-order valence-corrected chi connectivity index (χ3v) is 12.0. The topological polar surface area (TPSA) is 93.7 Å². The number of rotatable bonds is 24. The summed E-state index contributed by atoms with van der Waals surface area (Å²) >= 11 is 0. The lowest BCUT2D eigenvalue weighted by molar-refractivity contribution is -0.119. The zero-order valence-corrected chi connectivity index (χ0v) is 34.9. The Morgan fingerprint density at radius 1 is 0.863 bits per heavy atom. The number of nitrogens with one attached hydrogen (secondary N) is 2. The molecule has 0 aliphatic carbocycles. The van der Waals surface area contributed by atoms with Crippen LogP contribution in [0.4, 0.5) is 4.79 Å². The van der Waals surface area contributed by atoms with Gasteiger partial charge in [-0.25, -0.2) is 4.79 Å². The summed E-state index contributed by atoms with van der Waals surface area (Å²) in [5, 5.41) is 5.83. The summed E-state index contributed by atoms with van der Waals surface area (Å²) < 4.78 is 12.5. The number of unbranched alkanes of at least 4 members (excludes halogenated alkanes) is 1. The van der Waals surface area contributed by atoms with Crippen LogP contribution in [-0.4, -0.2) is 49.5 Å². The van der Waals surface area contributed by atoms with E-state index >= 15 is 0 Å². The molecule has 0 spiro atoms. The van der Waals surface area contributed by atoms with E-state index in [-0.39, 0.29) is 29.8 Å². The standard InChI is InChI=1S/C44H76N2O5/c1-13-43(10,29-50-42(49)46-28-15-14-24-38(45-12)36(9)47)41(48)39-33(6)34(7)40-37(35(39)8)25-27-44(11,51-40)26-18-23-32(5)22-17-21-31(4)20-16-19-30(2)3/h30-32,38,45H,13-29H2,1-12H3,(H,46,49). The normalized spacial score (nSPS) is 18.7. The van der Waals surface area contributed by atoms with E-state index < -0.39 is 11.5 Å². The molecule has 0 fully saturated rings. The van der Waals surface area contributed by atoms with Gasteiger partial charge in [0.2, 0.25) is 0 Å². The van der Waals surface area contributed by atoms with Crippen LogP contribution in [0, 0.1) is 43.9 Å². The van der Waals surface area contributed by atoms with E-state index in [1.807, 2.05) is 20.8 Å². The second-order valence-electron chi connectivity index (χ2n) is 17.2. The molecular weight excluding hydrogens is 636 g/mol. The highest BCUT2D eigenvalue weighted by Crippen LogP contribution is 2.44. The summed E-state index contributed by atoms with van der Waals surface area (Å²) in [6.07, 6.45) is 15.7. The Morgan fingerprint density at radius 2 is 1.47 bits per heavy atom. The van der Waals surface area contributed by atoms with Crippen molar-refractivity contribution in [2.24, 2.45) is 23.2 Å². The fraction of sp³-hybridized carbons (Fsp3) is 0.795. The number of carbonyl (C=O) groups is 3. The van der Waals surface area contributed by atoms with E-state index in [4.69, 9.17) is 9.47 Å². The first-order valence-electron chi connectivity index (χ1n) is 20.4. The highest BCUT2D eigenvalue weighted by Gasteiger charge is 2.39. The third-order valence-electron chi connectivity index (χ3n) is 12.0. The Kier molecular flexibility index (Phi) is 18.7. The number of carbonyl (C=O) groups excluding carboxylic acids is 3. The molecule has 292 valence electrons. The minimum atomic E-state index is -0.846. The molecule has 1 aromatic carbocycles. The number of ketones is 2. The van der Waals surface area contributed by atoms with E-state index in [9.17, 15) is 14.4 Å². The van der Waals surface area contributed by atoms with Gasteiger partial charge in [0.25, 0.3) is 0 Å². The van der Waals surface area contributed by atoms with Gasteiger partial charge in [0.05, 0.1) is 11.5 Å². The summed E-state index contributed by atoms with van der Waals surface area (Å²) in [4.78, 5) is 38.4. The molecule has 1 aliphatic heterocycles. The van der Waals surface area contributed by atoms with E-state index in [1.54, 1.807) is 14.0 Å².